The van der Waals surface area contributed by atoms with Crippen LogP contribution in [0, 0.1) is 12.7 Å². The fraction of sp³-hybridized carbons (Fsp3) is 0.154. The number of anilines is 3. The van der Waals surface area contributed by atoms with Gasteiger partial charge in [-0.05, 0) is 24.6 Å². The predicted molar refractivity (Wildman–Crippen MR) is 75.5 cm³/mol. The summed E-state index contributed by atoms with van der Waals surface area (Å²) in [7, 11) is 1.42. The zero-order chi connectivity index (χ0) is 14.5. The number of aromatic nitrogens is 2. The van der Waals surface area contributed by atoms with Gasteiger partial charge >= 0.3 is 0 Å². The van der Waals surface area contributed by atoms with Gasteiger partial charge in [0.1, 0.15) is 30.9 Å². The molecule has 0 aliphatic heterocycles. The van der Waals surface area contributed by atoms with Gasteiger partial charge in [-0.15, -0.1) is 0 Å². The molecule has 0 aliphatic carbocycles. The monoisotopic (exact) mass is 275 g/mol. The molecule has 1 aromatic heterocycles. The second-order valence-electron chi connectivity index (χ2n) is 4.02. The van der Waals surface area contributed by atoms with Crippen LogP contribution in [-0.4, -0.2) is 23.3 Å². The third-order valence-corrected chi connectivity index (χ3v) is 2.65. The lowest BCUT2D eigenvalue weighted by Crippen LogP contribution is -2.05. The first kappa shape index (κ1) is 13.7. The molecule has 1 heterocycles. The van der Waals surface area contributed by atoms with Gasteiger partial charge in [-0.1, -0.05) is 11.2 Å². The van der Waals surface area contributed by atoms with E-state index in [0.717, 1.165) is 5.56 Å². The van der Waals surface area contributed by atoms with E-state index < -0.39 is 0 Å². The van der Waals surface area contributed by atoms with E-state index in [0.29, 0.717) is 17.1 Å². The molecule has 0 atom stereocenters. The summed E-state index contributed by atoms with van der Waals surface area (Å²) in [6.07, 6.45) is 2.71. The molecule has 0 saturated heterocycles. The summed E-state index contributed by atoms with van der Waals surface area (Å²) in [6, 6.07) is 4.44. The molecule has 0 aliphatic rings. The molecule has 0 bridgehead atoms. The van der Waals surface area contributed by atoms with Crippen LogP contribution < -0.4 is 11.1 Å². The Morgan fingerprint density at radius 2 is 2.20 bits per heavy atom. The Hall–Kier alpha value is -2.70. The minimum atomic E-state index is -0.341. The third kappa shape index (κ3) is 3.00. The van der Waals surface area contributed by atoms with Gasteiger partial charge in [-0.25, -0.2) is 14.4 Å². The average Bonchev–Trinajstić information content (AvgIpc) is 2.42. The number of hydrogen-bond acceptors (Lipinski definition) is 6. The Balaban J connectivity index is 2.40. The normalized spacial score (nSPS) is 10.8. The number of hydrogen-bond donors (Lipinski definition) is 2. The number of benzene rings is 1. The van der Waals surface area contributed by atoms with Crippen molar-refractivity contribution in [2.75, 3.05) is 18.2 Å². The maximum atomic E-state index is 13.3. The summed E-state index contributed by atoms with van der Waals surface area (Å²) in [4.78, 5) is 12.6. The Labute approximate surface area is 115 Å². The third-order valence-electron chi connectivity index (χ3n) is 2.65. The molecule has 7 heteroatoms. The van der Waals surface area contributed by atoms with Crippen molar-refractivity contribution in [1.82, 2.24) is 9.97 Å². The van der Waals surface area contributed by atoms with Crippen molar-refractivity contribution in [2.24, 2.45) is 5.16 Å². The highest BCUT2D eigenvalue weighted by Gasteiger charge is 2.09. The molecular formula is C13H14FN5O. The topological polar surface area (TPSA) is 85.4 Å². The average molecular weight is 275 g/mol. The van der Waals surface area contributed by atoms with Crippen LogP contribution in [0.15, 0.2) is 29.7 Å². The lowest BCUT2D eigenvalue weighted by Gasteiger charge is -2.11. The highest BCUT2D eigenvalue weighted by Crippen LogP contribution is 2.23. The molecule has 2 rings (SSSR count). The second-order valence-corrected chi connectivity index (χ2v) is 4.02. The fourth-order valence-corrected chi connectivity index (χ4v) is 1.60. The van der Waals surface area contributed by atoms with Gasteiger partial charge in [0.25, 0.3) is 0 Å². The zero-order valence-corrected chi connectivity index (χ0v) is 11.1. The van der Waals surface area contributed by atoms with E-state index in [-0.39, 0.29) is 11.6 Å². The lowest BCUT2D eigenvalue weighted by atomic mass is 10.2. The first-order valence-corrected chi connectivity index (χ1v) is 5.82. The summed E-state index contributed by atoms with van der Waals surface area (Å²) >= 11 is 0. The maximum absolute atomic E-state index is 13.3. The van der Waals surface area contributed by atoms with E-state index in [9.17, 15) is 4.39 Å². The molecule has 0 amide bonds. The van der Waals surface area contributed by atoms with Crippen LogP contribution in [0.25, 0.3) is 0 Å². The van der Waals surface area contributed by atoms with Crippen molar-refractivity contribution < 1.29 is 9.23 Å². The highest BCUT2D eigenvalue weighted by molar-refractivity contribution is 5.92. The van der Waals surface area contributed by atoms with Crippen molar-refractivity contribution in [3.8, 4) is 0 Å². The van der Waals surface area contributed by atoms with Crippen molar-refractivity contribution in [2.45, 2.75) is 6.92 Å². The molecule has 1 aromatic carbocycles. The summed E-state index contributed by atoms with van der Waals surface area (Å²) in [5.74, 6) is 0.330. The van der Waals surface area contributed by atoms with Crippen LogP contribution in [-0.2, 0) is 4.84 Å². The van der Waals surface area contributed by atoms with Crippen molar-refractivity contribution >= 4 is 23.5 Å². The Morgan fingerprint density at radius 3 is 2.95 bits per heavy atom. The number of nitrogens with one attached hydrogen (secondary N) is 1. The number of nitrogens with two attached hydrogens (primary N) is 1. The van der Waals surface area contributed by atoms with E-state index in [1.54, 1.807) is 6.07 Å². The minimum Gasteiger partial charge on any atom is -0.399 e. The summed E-state index contributed by atoms with van der Waals surface area (Å²) < 4.78 is 13.3. The van der Waals surface area contributed by atoms with Gasteiger partial charge in [0.05, 0.1) is 11.8 Å². The second kappa shape index (κ2) is 5.96. The molecule has 104 valence electrons. The van der Waals surface area contributed by atoms with Gasteiger partial charge in [-0.3, -0.25) is 0 Å². The molecule has 0 unspecified atom stereocenters. The zero-order valence-electron chi connectivity index (χ0n) is 11.1. The van der Waals surface area contributed by atoms with Crippen LogP contribution in [0.4, 0.5) is 21.7 Å². The van der Waals surface area contributed by atoms with E-state index in [4.69, 9.17) is 5.73 Å². The fourth-order valence-electron chi connectivity index (χ4n) is 1.60. The number of rotatable bonds is 4. The van der Waals surface area contributed by atoms with Crippen molar-refractivity contribution in [1.29, 1.82) is 0 Å². The molecule has 0 saturated carbocycles. The van der Waals surface area contributed by atoms with Gasteiger partial charge in [0.15, 0.2) is 0 Å². The number of oxime groups is 1. The highest BCUT2D eigenvalue weighted by atomic mass is 19.1. The van der Waals surface area contributed by atoms with E-state index in [1.165, 1.54) is 31.8 Å². The van der Waals surface area contributed by atoms with Crippen LogP contribution in [0.5, 0.6) is 0 Å². The first-order chi connectivity index (χ1) is 9.61. The smallest absolute Gasteiger partial charge is 0.144 e. The Kier molecular flexibility index (Phi) is 4.09. The number of nitrogens with zero attached hydrogens (tertiary/aromatic N) is 3. The van der Waals surface area contributed by atoms with Crippen LogP contribution in [0.2, 0.25) is 0 Å². The number of nitrogen functional groups attached to an aromatic ring is 1. The number of halogens is 1. The van der Waals surface area contributed by atoms with Gasteiger partial charge in [-0.2, -0.15) is 0 Å². The molecular weight excluding hydrogens is 261 g/mol. The summed E-state index contributed by atoms with van der Waals surface area (Å²) in [5, 5.41) is 6.66. The first-order valence-electron chi connectivity index (χ1n) is 5.82. The van der Waals surface area contributed by atoms with E-state index >= 15 is 0 Å². The molecule has 2 aromatic rings. The van der Waals surface area contributed by atoms with Gasteiger partial charge in [0.2, 0.25) is 0 Å². The maximum Gasteiger partial charge on any atom is 0.144 e. The Morgan fingerprint density at radius 1 is 1.40 bits per heavy atom. The predicted octanol–water partition coefficient (Wildman–Crippen LogP) is 2.23. The van der Waals surface area contributed by atoms with Gasteiger partial charge in [0, 0.05) is 5.69 Å². The molecule has 20 heavy (non-hydrogen) atoms. The standard InChI is InChI=1S/C13H14FN5O/c1-8-3-4-9(14)5-11(8)19-13-10(6-18-20-2)12(15)16-7-17-13/h3-7H,1-2H3,(H3,15,16,17,19)/b18-6+. The van der Waals surface area contributed by atoms with Crippen molar-refractivity contribution in [3.63, 3.8) is 0 Å². The molecule has 6 nitrogen and oxygen atoms in total. The van der Waals surface area contributed by atoms with Crippen LogP contribution >= 0.6 is 0 Å². The largest absolute Gasteiger partial charge is 0.399 e. The quantitative estimate of drug-likeness (QED) is 0.660. The summed E-state index contributed by atoms with van der Waals surface area (Å²) in [5.41, 5.74) is 7.71. The lowest BCUT2D eigenvalue weighted by molar-refractivity contribution is 0.215. The Bertz CT molecular complexity index is 645. The van der Waals surface area contributed by atoms with Crippen molar-refractivity contribution in [3.05, 3.63) is 41.5 Å². The van der Waals surface area contributed by atoms with Crippen LogP contribution in [0.3, 0.4) is 0 Å². The minimum absolute atomic E-state index is 0.248. The number of aryl methyl sites for hydroxylation is 1. The molecule has 0 fully saturated rings. The summed E-state index contributed by atoms with van der Waals surface area (Å²) in [6.45, 7) is 1.86. The van der Waals surface area contributed by atoms with E-state index in [1.807, 2.05) is 6.92 Å². The van der Waals surface area contributed by atoms with E-state index in [2.05, 4.69) is 25.3 Å². The molecule has 3 N–H and O–H groups in total. The van der Waals surface area contributed by atoms with Crippen LogP contribution in [0.1, 0.15) is 11.1 Å². The molecule has 0 radical (unpaired) electrons. The SMILES string of the molecule is CO/N=C/c1c(N)ncnc1Nc1cc(F)ccc1C. The van der Waals surface area contributed by atoms with Gasteiger partial charge < -0.3 is 15.9 Å². The molecule has 0 spiro atoms.